The molecule has 0 N–H and O–H groups in total. The van der Waals surface area contributed by atoms with Crippen LogP contribution in [0.2, 0.25) is 0 Å². The molecule has 0 aliphatic carbocycles. The van der Waals surface area contributed by atoms with Gasteiger partial charge in [0.1, 0.15) is 11.4 Å². The molecule has 3 nitrogen and oxygen atoms in total. The van der Waals surface area contributed by atoms with Crippen LogP contribution in [0.4, 0.5) is 0 Å². The number of carbonyl (C=O) groups is 1. The minimum absolute atomic E-state index is 0.195. The predicted molar refractivity (Wildman–Crippen MR) is 89.3 cm³/mol. The van der Waals surface area contributed by atoms with Gasteiger partial charge in [-0.2, -0.15) is 0 Å². The van der Waals surface area contributed by atoms with Gasteiger partial charge < -0.3 is 9.47 Å². The second kappa shape index (κ2) is 9.27. The molecule has 0 aliphatic heterocycles. The lowest BCUT2D eigenvalue weighted by Gasteiger charge is -2.21. The third-order valence-corrected chi connectivity index (χ3v) is 3.75. The molecule has 0 amide bonds. The maximum Gasteiger partial charge on any atom is 0.235 e. The Hall–Kier alpha value is -1.79. The van der Waals surface area contributed by atoms with Crippen molar-refractivity contribution < 1.29 is 14.3 Å². The highest BCUT2D eigenvalue weighted by molar-refractivity contribution is 6.09. The van der Waals surface area contributed by atoms with Gasteiger partial charge in [-0.1, -0.05) is 32.1 Å². The zero-order valence-corrected chi connectivity index (χ0v) is 14.1. The van der Waals surface area contributed by atoms with Gasteiger partial charge >= 0.3 is 0 Å². The van der Waals surface area contributed by atoms with Crippen LogP contribution in [0, 0.1) is 11.8 Å². The molecule has 0 saturated heterocycles. The number of ether oxygens (including phenoxy) is 2. The van der Waals surface area contributed by atoms with E-state index in [1.807, 2.05) is 6.92 Å². The standard InChI is InChI=1S/C19H26O3/c1-5-6-7-8-14-19(2,22-4)15-13-18(20)16-9-11-17(21-3)12-10-16/h9-12H,5-8,14H2,1-4H3. The molecule has 0 aromatic heterocycles. The number of hydrogen-bond donors (Lipinski definition) is 0. The summed E-state index contributed by atoms with van der Waals surface area (Å²) in [4.78, 5) is 12.1. The van der Waals surface area contributed by atoms with Crippen LogP contribution in [-0.2, 0) is 4.74 Å². The first-order valence-electron chi connectivity index (χ1n) is 7.81. The van der Waals surface area contributed by atoms with Gasteiger partial charge in [-0.3, -0.25) is 4.79 Å². The Morgan fingerprint density at radius 3 is 2.36 bits per heavy atom. The topological polar surface area (TPSA) is 35.5 Å². The first-order valence-corrected chi connectivity index (χ1v) is 7.81. The van der Waals surface area contributed by atoms with E-state index in [0.29, 0.717) is 5.56 Å². The third kappa shape index (κ3) is 5.91. The molecule has 0 heterocycles. The SMILES string of the molecule is CCCCCCC(C)(C#CC(=O)c1ccc(OC)cc1)OC. The van der Waals surface area contributed by atoms with Gasteiger partial charge in [0.15, 0.2) is 0 Å². The lowest BCUT2D eigenvalue weighted by Crippen LogP contribution is -2.25. The minimum Gasteiger partial charge on any atom is -0.497 e. The molecule has 1 aromatic rings. The molecule has 1 unspecified atom stereocenters. The molecule has 22 heavy (non-hydrogen) atoms. The minimum atomic E-state index is -0.560. The van der Waals surface area contributed by atoms with E-state index in [1.54, 1.807) is 38.5 Å². The van der Waals surface area contributed by atoms with Crippen molar-refractivity contribution >= 4 is 5.78 Å². The normalized spacial score (nSPS) is 12.9. The second-order valence-corrected chi connectivity index (χ2v) is 5.55. The average molecular weight is 302 g/mol. The number of hydrogen-bond acceptors (Lipinski definition) is 3. The first-order chi connectivity index (χ1) is 10.5. The van der Waals surface area contributed by atoms with Crippen LogP contribution in [0.1, 0.15) is 56.3 Å². The summed E-state index contributed by atoms with van der Waals surface area (Å²) in [6.07, 6.45) is 5.49. The van der Waals surface area contributed by atoms with Gasteiger partial charge in [0.25, 0.3) is 0 Å². The van der Waals surface area contributed by atoms with Crippen molar-refractivity contribution in [2.75, 3.05) is 14.2 Å². The van der Waals surface area contributed by atoms with E-state index < -0.39 is 5.60 Å². The van der Waals surface area contributed by atoms with Crippen LogP contribution < -0.4 is 4.74 Å². The quantitative estimate of drug-likeness (QED) is 0.311. The molecule has 0 bridgehead atoms. The van der Waals surface area contributed by atoms with E-state index in [4.69, 9.17) is 9.47 Å². The summed E-state index contributed by atoms with van der Waals surface area (Å²) in [5.41, 5.74) is 0.00770. The Kier molecular flexibility index (Phi) is 7.70. The van der Waals surface area contributed by atoms with Crippen molar-refractivity contribution in [1.29, 1.82) is 0 Å². The summed E-state index contributed by atoms with van der Waals surface area (Å²) in [5.74, 6) is 6.24. The highest BCUT2D eigenvalue weighted by Crippen LogP contribution is 2.18. The molecule has 1 aromatic carbocycles. The fourth-order valence-corrected chi connectivity index (χ4v) is 2.11. The first kappa shape index (κ1) is 18.3. The Balaban J connectivity index is 2.68. The van der Waals surface area contributed by atoms with Gasteiger partial charge in [-0.25, -0.2) is 0 Å². The van der Waals surface area contributed by atoms with Crippen LogP contribution >= 0.6 is 0 Å². The highest BCUT2D eigenvalue weighted by atomic mass is 16.5. The zero-order chi connectivity index (χ0) is 16.4. The molecule has 0 aliphatic rings. The lowest BCUT2D eigenvalue weighted by atomic mass is 9.97. The zero-order valence-electron chi connectivity index (χ0n) is 14.1. The number of benzene rings is 1. The molecule has 0 radical (unpaired) electrons. The molecule has 0 saturated carbocycles. The Morgan fingerprint density at radius 2 is 1.82 bits per heavy atom. The fraction of sp³-hybridized carbons (Fsp3) is 0.526. The molecular weight excluding hydrogens is 276 g/mol. The van der Waals surface area contributed by atoms with E-state index >= 15 is 0 Å². The van der Waals surface area contributed by atoms with Crippen molar-refractivity contribution in [3.05, 3.63) is 29.8 Å². The summed E-state index contributed by atoms with van der Waals surface area (Å²) in [7, 11) is 3.24. The van der Waals surface area contributed by atoms with Crippen molar-refractivity contribution in [2.24, 2.45) is 0 Å². The lowest BCUT2D eigenvalue weighted by molar-refractivity contribution is 0.0475. The van der Waals surface area contributed by atoms with Gasteiger partial charge in [-0.05, 0) is 50.0 Å². The Morgan fingerprint density at radius 1 is 1.14 bits per heavy atom. The molecule has 0 fully saturated rings. The Bertz CT molecular complexity index is 522. The summed E-state index contributed by atoms with van der Waals surface area (Å²) < 4.78 is 10.6. The predicted octanol–water partition coefficient (Wildman–Crippen LogP) is 4.26. The van der Waals surface area contributed by atoms with Crippen molar-refractivity contribution in [3.63, 3.8) is 0 Å². The van der Waals surface area contributed by atoms with E-state index in [1.165, 1.54) is 19.3 Å². The van der Waals surface area contributed by atoms with Crippen molar-refractivity contribution in [1.82, 2.24) is 0 Å². The summed E-state index contributed by atoms with van der Waals surface area (Å²) in [5, 5.41) is 0. The molecule has 3 heteroatoms. The van der Waals surface area contributed by atoms with Crippen LogP contribution in [0.3, 0.4) is 0 Å². The van der Waals surface area contributed by atoms with Gasteiger partial charge in [0, 0.05) is 12.7 Å². The van der Waals surface area contributed by atoms with E-state index in [9.17, 15) is 4.79 Å². The molecule has 120 valence electrons. The molecular formula is C19H26O3. The number of Topliss-reactive ketones (excluding diaryl/α,β-unsaturated/α-hetero) is 1. The smallest absolute Gasteiger partial charge is 0.235 e. The van der Waals surface area contributed by atoms with Crippen LogP contribution in [-0.4, -0.2) is 25.6 Å². The largest absolute Gasteiger partial charge is 0.497 e. The van der Waals surface area contributed by atoms with Gasteiger partial charge in [0.2, 0.25) is 5.78 Å². The Labute approximate surface area is 134 Å². The van der Waals surface area contributed by atoms with Crippen molar-refractivity contribution in [3.8, 4) is 17.6 Å². The number of rotatable bonds is 8. The van der Waals surface area contributed by atoms with Crippen LogP contribution in [0.5, 0.6) is 5.75 Å². The van der Waals surface area contributed by atoms with Crippen LogP contribution in [0.15, 0.2) is 24.3 Å². The molecule has 0 spiro atoms. The third-order valence-electron chi connectivity index (χ3n) is 3.75. The molecule has 1 rings (SSSR count). The number of unbranched alkanes of at least 4 members (excludes halogenated alkanes) is 3. The maximum absolute atomic E-state index is 12.1. The number of ketones is 1. The summed E-state index contributed by atoms with van der Waals surface area (Å²) >= 11 is 0. The summed E-state index contributed by atoms with van der Waals surface area (Å²) in [6, 6.07) is 6.97. The molecule has 1 atom stereocenters. The number of carbonyl (C=O) groups excluding carboxylic acids is 1. The van der Waals surface area contributed by atoms with Gasteiger partial charge in [-0.15, -0.1) is 0 Å². The average Bonchev–Trinajstić information content (AvgIpc) is 2.56. The monoisotopic (exact) mass is 302 g/mol. The summed E-state index contributed by atoms with van der Waals surface area (Å²) in [6.45, 7) is 4.12. The van der Waals surface area contributed by atoms with Crippen molar-refractivity contribution in [2.45, 2.75) is 51.6 Å². The van der Waals surface area contributed by atoms with E-state index in [0.717, 1.165) is 18.6 Å². The van der Waals surface area contributed by atoms with Gasteiger partial charge in [0.05, 0.1) is 7.11 Å². The number of methoxy groups -OCH3 is 2. The van der Waals surface area contributed by atoms with E-state index in [2.05, 4.69) is 18.8 Å². The van der Waals surface area contributed by atoms with E-state index in [-0.39, 0.29) is 5.78 Å². The highest BCUT2D eigenvalue weighted by Gasteiger charge is 2.20. The second-order valence-electron chi connectivity index (χ2n) is 5.55. The maximum atomic E-state index is 12.1. The van der Waals surface area contributed by atoms with Crippen LogP contribution in [0.25, 0.3) is 0 Å². The fourth-order valence-electron chi connectivity index (χ4n) is 2.11.